The summed E-state index contributed by atoms with van der Waals surface area (Å²) in [5.74, 6) is 0.567. The molecule has 0 saturated heterocycles. The molecule has 0 aromatic carbocycles. The second kappa shape index (κ2) is 3.30. The van der Waals surface area contributed by atoms with Crippen LogP contribution in [-0.2, 0) is 0 Å². The number of carbonyl (C=O) groups excluding carboxylic acids is 1. The van der Waals surface area contributed by atoms with Crippen molar-refractivity contribution in [1.82, 2.24) is 9.97 Å². The molecule has 0 unspecified atom stereocenters. The number of hydrogen-bond donors (Lipinski definition) is 0. The van der Waals surface area contributed by atoms with Gasteiger partial charge in [-0.05, 0) is 13.0 Å². The molecule has 0 amide bonds. The van der Waals surface area contributed by atoms with Gasteiger partial charge in [-0.3, -0.25) is 4.79 Å². The van der Waals surface area contributed by atoms with Crippen LogP contribution >= 0.6 is 0 Å². The van der Waals surface area contributed by atoms with E-state index in [1.165, 1.54) is 0 Å². The quantitative estimate of drug-likeness (QED) is 0.604. The molecule has 4 heteroatoms. The van der Waals surface area contributed by atoms with Crippen molar-refractivity contribution in [3.8, 4) is 0 Å². The zero-order valence-corrected chi connectivity index (χ0v) is 7.40. The molecule has 0 atom stereocenters. The highest BCUT2D eigenvalue weighted by Crippen LogP contribution is 2.05. The Balaban J connectivity index is 3.14. The molecule has 0 aliphatic rings. The third-order valence-corrected chi connectivity index (χ3v) is 1.38. The van der Waals surface area contributed by atoms with Gasteiger partial charge in [0.1, 0.15) is 5.69 Å². The van der Waals surface area contributed by atoms with Gasteiger partial charge in [0, 0.05) is 19.8 Å². The predicted molar refractivity (Wildman–Crippen MR) is 46.5 cm³/mol. The van der Waals surface area contributed by atoms with E-state index in [2.05, 4.69) is 9.97 Å². The lowest BCUT2D eigenvalue weighted by atomic mass is 10.3. The Labute approximate surface area is 71.3 Å². The summed E-state index contributed by atoms with van der Waals surface area (Å²) in [5.41, 5.74) is 1.22. The topological polar surface area (TPSA) is 46.1 Å². The normalized spacial score (nSPS) is 9.58. The van der Waals surface area contributed by atoms with Crippen molar-refractivity contribution >= 4 is 12.2 Å². The number of nitrogens with zero attached hydrogens (tertiary/aromatic N) is 3. The van der Waals surface area contributed by atoms with Gasteiger partial charge in [0.05, 0.1) is 0 Å². The number of carbonyl (C=O) groups is 1. The summed E-state index contributed by atoms with van der Waals surface area (Å²) in [6, 6.07) is 1.65. The van der Waals surface area contributed by atoms with E-state index in [9.17, 15) is 4.79 Å². The average Bonchev–Trinajstić information content (AvgIpc) is 2.03. The Morgan fingerprint density at radius 2 is 2.08 bits per heavy atom. The van der Waals surface area contributed by atoms with Crippen molar-refractivity contribution in [2.45, 2.75) is 6.92 Å². The molecule has 0 radical (unpaired) electrons. The second-order valence-electron chi connectivity index (χ2n) is 2.75. The molecule has 1 rings (SSSR count). The molecule has 12 heavy (non-hydrogen) atoms. The van der Waals surface area contributed by atoms with Crippen LogP contribution < -0.4 is 4.90 Å². The van der Waals surface area contributed by atoms with E-state index in [0.29, 0.717) is 11.6 Å². The smallest absolute Gasteiger partial charge is 0.225 e. The van der Waals surface area contributed by atoms with Gasteiger partial charge >= 0.3 is 0 Å². The summed E-state index contributed by atoms with van der Waals surface area (Å²) >= 11 is 0. The van der Waals surface area contributed by atoms with Gasteiger partial charge in [-0.1, -0.05) is 0 Å². The van der Waals surface area contributed by atoms with Crippen LogP contribution in [0, 0.1) is 6.92 Å². The van der Waals surface area contributed by atoms with Gasteiger partial charge in [0.2, 0.25) is 5.95 Å². The first-order chi connectivity index (χ1) is 5.63. The minimum absolute atomic E-state index is 0.422. The van der Waals surface area contributed by atoms with E-state index in [4.69, 9.17) is 0 Å². The first-order valence-electron chi connectivity index (χ1n) is 3.61. The molecule has 0 fully saturated rings. The zero-order valence-electron chi connectivity index (χ0n) is 7.40. The molecular weight excluding hydrogens is 154 g/mol. The van der Waals surface area contributed by atoms with Gasteiger partial charge in [-0.15, -0.1) is 0 Å². The van der Waals surface area contributed by atoms with E-state index in [1.54, 1.807) is 11.0 Å². The highest BCUT2D eigenvalue weighted by Gasteiger charge is 2.01. The van der Waals surface area contributed by atoms with Crippen LogP contribution in [0.15, 0.2) is 6.07 Å². The predicted octanol–water partition coefficient (Wildman–Crippen LogP) is 0.664. The lowest BCUT2D eigenvalue weighted by Gasteiger charge is -2.10. The summed E-state index contributed by atoms with van der Waals surface area (Å²) in [7, 11) is 3.67. The van der Waals surface area contributed by atoms with Crippen LogP contribution in [0.5, 0.6) is 0 Å². The standard InChI is InChI=1S/C8H11N3O/c1-6-4-7(5-12)10-8(9-6)11(2)3/h4-5H,1-3H3. The summed E-state index contributed by atoms with van der Waals surface area (Å²) in [6.45, 7) is 1.84. The van der Waals surface area contributed by atoms with Crippen molar-refractivity contribution in [2.24, 2.45) is 0 Å². The molecule has 0 aliphatic carbocycles. The Bertz CT molecular complexity index is 296. The Morgan fingerprint density at radius 1 is 1.42 bits per heavy atom. The van der Waals surface area contributed by atoms with Gasteiger partial charge in [-0.25, -0.2) is 9.97 Å². The molecule has 1 aromatic heterocycles. The highest BCUT2D eigenvalue weighted by molar-refractivity contribution is 5.72. The summed E-state index contributed by atoms with van der Waals surface area (Å²) in [6.07, 6.45) is 0.724. The minimum Gasteiger partial charge on any atom is -0.347 e. The fraction of sp³-hybridized carbons (Fsp3) is 0.375. The van der Waals surface area contributed by atoms with Crippen LogP contribution in [-0.4, -0.2) is 30.3 Å². The van der Waals surface area contributed by atoms with E-state index < -0.39 is 0 Å². The van der Waals surface area contributed by atoms with Crippen LogP contribution in [0.25, 0.3) is 0 Å². The average molecular weight is 165 g/mol. The molecule has 1 aromatic rings. The molecule has 64 valence electrons. The Hall–Kier alpha value is -1.45. The third-order valence-electron chi connectivity index (χ3n) is 1.38. The van der Waals surface area contributed by atoms with Gasteiger partial charge in [0.25, 0.3) is 0 Å². The van der Waals surface area contributed by atoms with E-state index in [0.717, 1.165) is 12.0 Å². The fourth-order valence-electron chi connectivity index (χ4n) is 0.837. The zero-order chi connectivity index (χ0) is 9.14. The minimum atomic E-state index is 0.422. The Morgan fingerprint density at radius 3 is 2.58 bits per heavy atom. The maximum absolute atomic E-state index is 10.4. The van der Waals surface area contributed by atoms with Crippen LogP contribution in [0.1, 0.15) is 16.2 Å². The van der Waals surface area contributed by atoms with Crippen LogP contribution in [0.4, 0.5) is 5.95 Å². The number of hydrogen-bond acceptors (Lipinski definition) is 4. The highest BCUT2D eigenvalue weighted by atomic mass is 16.1. The molecular formula is C8H11N3O. The van der Waals surface area contributed by atoms with Crippen molar-refractivity contribution < 1.29 is 4.79 Å². The summed E-state index contributed by atoms with van der Waals surface area (Å²) in [5, 5.41) is 0. The van der Waals surface area contributed by atoms with Crippen molar-refractivity contribution in [1.29, 1.82) is 0 Å². The SMILES string of the molecule is Cc1cc(C=O)nc(N(C)C)n1. The number of rotatable bonds is 2. The summed E-state index contributed by atoms with van der Waals surface area (Å²) < 4.78 is 0. The number of aldehydes is 1. The first kappa shape index (κ1) is 8.64. The number of anilines is 1. The molecule has 0 N–H and O–H groups in total. The van der Waals surface area contributed by atoms with E-state index >= 15 is 0 Å². The summed E-state index contributed by atoms with van der Waals surface area (Å²) in [4.78, 5) is 20.3. The molecule has 4 nitrogen and oxygen atoms in total. The molecule has 0 bridgehead atoms. The third kappa shape index (κ3) is 1.78. The van der Waals surface area contributed by atoms with Gasteiger partial charge in [0.15, 0.2) is 6.29 Å². The first-order valence-corrected chi connectivity index (χ1v) is 3.61. The van der Waals surface area contributed by atoms with Crippen molar-refractivity contribution in [2.75, 3.05) is 19.0 Å². The molecule has 0 spiro atoms. The van der Waals surface area contributed by atoms with Gasteiger partial charge in [-0.2, -0.15) is 0 Å². The fourth-order valence-corrected chi connectivity index (χ4v) is 0.837. The van der Waals surface area contributed by atoms with Crippen LogP contribution in [0.3, 0.4) is 0 Å². The maximum Gasteiger partial charge on any atom is 0.225 e. The van der Waals surface area contributed by atoms with E-state index in [1.807, 2.05) is 21.0 Å². The number of aryl methyl sites for hydroxylation is 1. The Kier molecular flexibility index (Phi) is 2.38. The maximum atomic E-state index is 10.4. The largest absolute Gasteiger partial charge is 0.347 e. The lowest BCUT2D eigenvalue weighted by Crippen LogP contribution is -2.14. The molecule has 0 aliphatic heterocycles. The molecule has 0 saturated carbocycles. The van der Waals surface area contributed by atoms with Crippen LogP contribution in [0.2, 0.25) is 0 Å². The molecule has 1 heterocycles. The number of aromatic nitrogens is 2. The monoisotopic (exact) mass is 165 g/mol. The second-order valence-corrected chi connectivity index (χ2v) is 2.75. The van der Waals surface area contributed by atoms with Crippen molar-refractivity contribution in [3.05, 3.63) is 17.5 Å². The van der Waals surface area contributed by atoms with Gasteiger partial charge < -0.3 is 4.90 Å². The van der Waals surface area contributed by atoms with Crippen molar-refractivity contribution in [3.63, 3.8) is 0 Å². The van der Waals surface area contributed by atoms with E-state index in [-0.39, 0.29) is 0 Å². The lowest BCUT2D eigenvalue weighted by molar-refractivity contribution is 0.111.